The number of carbonyl (C=O) groups is 1. The topological polar surface area (TPSA) is 61.9 Å². The van der Waals surface area contributed by atoms with Crippen LogP contribution in [-0.2, 0) is 11.3 Å². The van der Waals surface area contributed by atoms with Crippen LogP contribution in [0.3, 0.4) is 0 Å². The smallest absolute Gasteiger partial charge is 0.246 e. The molecule has 2 rings (SSSR count). The lowest BCUT2D eigenvalue weighted by Crippen LogP contribution is -2.24. The predicted molar refractivity (Wildman–Crippen MR) is 77.8 cm³/mol. The van der Waals surface area contributed by atoms with Crippen LogP contribution in [0.4, 0.5) is 0 Å². The summed E-state index contributed by atoms with van der Waals surface area (Å²) in [5.41, 5.74) is 2.21. The monoisotopic (exact) mass is 270 g/mol. The largest absolute Gasteiger partial charge is 0.335 e. The molecule has 0 spiro atoms. The fraction of sp³-hybridized carbons (Fsp3) is 0.267. The van der Waals surface area contributed by atoms with E-state index in [1.54, 1.807) is 18.0 Å². The van der Waals surface area contributed by atoms with E-state index in [9.17, 15) is 4.79 Å². The molecule has 1 aromatic heterocycles. The van der Waals surface area contributed by atoms with Crippen molar-refractivity contribution in [2.75, 3.05) is 7.05 Å². The summed E-state index contributed by atoms with van der Waals surface area (Å²) < 4.78 is 0. The number of aromatic nitrogens is 3. The van der Waals surface area contributed by atoms with E-state index in [4.69, 9.17) is 0 Å². The molecule has 0 aliphatic heterocycles. The number of rotatable bonds is 4. The zero-order valence-electron chi connectivity index (χ0n) is 11.9. The predicted octanol–water partition coefficient (Wildman–Crippen LogP) is 2.09. The van der Waals surface area contributed by atoms with Crippen LogP contribution in [0.1, 0.15) is 22.8 Å². The second-order valence-corrected chi connectivity index (χ2v) is 4.78. The van der Waals surface area contributed by atoms with E-state index in [0.29, 0.717) is 12.4 Å². The second kappa shape index (κ2) is 6.14. The molecule has 0 atom stereocenters. The molecule has 0 radical (unpaired) electrons. The highest BCUT2D eigenvalue weighted by Gasteiger charge is 2.08. The Balaban J connectivity index is 1.95. The van der Waals surface area contributed by atoms with Gasteiger partial charge in [0.2, 0.25) is 5.91 Å². The minimum Gasteiger partial charge on any atom is -0.335 e. The van der Waals surface area contributed by atoms with Gasteiger partial charge in [-0.2, -0.15) is 5.10 Å². The van der Waals surface area contributed by atoms with Gasteiger partial charge in [0.15, 0.2) is 5.82 Å². The third-order valence-electron chi connectivity index (χ3n) is 2.89. The summed E-state index contributed by atoms with van der Waals surface area (Å²) in [7, 11) is 1.73. The van der Waals surface area contributed by atoms with Crippen molar-refractivity contribution in [2.45, 2.75) is 20.4 Å². The number of amides is 1. The quantitative estimate of drug-likeness (QED) is 0.865. The molecular formula is C15H18N4O. The molecule has 104 valence electrons. The van der Waals surface area contributed by atoms with Crippen molar-refractivity contribution in [3.8, 4) is 0 Å². The number of benzene rings is 1. The Morgan fingerprint density at radius 1 is 1.30 bits per heavy atom. The first-order valence-corrected chi connectivity index (χ1v) is 6.42. The van der Waals surface area contributed by atoms with Gasteiger partial charge >= 0.3 is 0 Å². The first-order valence-electron chi connectivity index (χ1n) is 6.42. The van der Waals surface area contributed by atoms with Crippen LogP contribution in [0.5, 0.6) is 0 Å². The van der Waals surface area contributed by atoms with Gasteiger partial charge in [-0.15, -0.1) is 0 Å². The van der Waals surface area contributed by atoms with Crippen LogP contribution in [0.25, 0.3) is 6.08 Å². The molecular weight excluding hydrogens is 252 g/mol. The third-order valence-corrected chi connectivity index (χ3v) is 2.89. The van der Waals surface area contributed by atoms with Gasteiger partial charge in [0.05, 0.1) is 6.54 Å². The molecule has 1 N–H and O–H groups in total. The standard InChI is InChI=1S/C15H18N4O/c1-11-4-6-13(7-5-11)8-9-15(20)19(3)10-14-16-12(2)17-18-14/h4-9H,10H2,1-3H3,(H,16,17,18). The van der Waals surface area contributed by atoms with Crippen LogP contribution in [0, 0.1) is 13.8 Å². The third kappa shape index (κ3) is 3.78. The van der Waals surface area contributed by atoms with Gasteiger partial charge in [-0.3, -0.25) is 9.89 Å². The molecule has 0 saturated heterocycles. The molecule has 1 heterocycles. The average Bonchev–Trinajstić information content (AvgIpc) is 2.83. The average molecular weight is 270 g/mol. The van der Waals surface area contributed by atoms with E-state index >= 15 is 0 Å². The number of nitrogens with one attached hydrogen (secondary N) is 1. The fourth-order valence-corrected chi connectivity index (χ4v) is 1.72. The van der Waals surface area contributed by atoms with Crippen molar-refractivity contribution in [1.82, 2.24) is 20.1 Å². The number of likely N-dealkylation sites (N-methyl/N-ethyl adjacent to an activating group) is 1. The van der Waals surface area contributed by atoms with E-state index in [0.717, 1.165) is 11.4 Å². The molecule has 1 amide bonds. The lowest BCUT2D eigenvalue weighted by molar-refractivity contribution is -0.125. The lowest BCUT2D eigenvalue weighted by Gasteiger charge is -2.12. The van der Waals surface area contributed by atoms with E-state index in [1.165, 1.54) is 5.56 Å². The maximum absolute atomic E-state index is 12.0. The first-order chi connectivity index (χ1) is 9.54. The highest BCUT2D eigenvalue weighted by molar-refractivity contribution is 5.91. The number of hydrogen-bond donors (Lipinski definition) is 1. The van der Waals surface area contributed by atoms with Crippen LogP contribution < -0.4 is 0 Å². The van der Waals surface area contributed by atoms with Gasteiger partial charge < -0.3 is 4.90 Å². The number of carbonyl (C=O) groups excluding carboxylic acids is 1. The van der Waals surface area contributed by atoms with Crippen LogP contribution in [0.2, 0.25) is 0 Å². The first kappa shape index (κ1) is 14.0. The number of nitrogens with zero attached hydrogens (tertiary/aromatic N) is 3. The molecule has 2 aromatic rings. The summed E-state index contributed by atoms with van der Waals surface area (Å²) in [5.74, 6) is 1.28. The zero-order chi connectivity index (χ0) is 14.5. The van der Waals surface area contributed by atoms with Crippen LogP contribution in [-0.4, -0.2) is 33.0 Å². The molecule has 0 aliphatic rings. The van der Waals surface area contributed by atoms with Crippen LogP contribution in [0.15, 0.2) is 30.3 Å². The number of aromatic amines is 1. The maximum atomic E-state index is 12.0. The molecule has 0 unspecified atom stereocenters. The number of H-pyrrole nitrogens is 1. The Hall–Kier alpha value is -2.43. The van der Waals surface area contributed by atoms with Gasteiger partial charge in [-0.1, -0.05) is 29.8 Å². The van der Waals surface area contributed by atoms with E-state index < -0.39 is 0 Å². The summed E-state index contributed by atoms with van der Waals surface area (Å²) >= 11 is 0. The molecule has 20 heavy (non-hydrogen) atoms. The van der Waals surface area contributed by atoms with E-state index in [-0.39, 0.29) is 5.91 Å². The fourth-order valence-electron chi connectivity index (χ4n) is 1.72. The molecule has 0 fully saturated rings. The van der Waals surface area contributed by atoms with Crippen molar-refractivity contribution in [3.63, 3.8) is 0 Å². The van der Waals surface area contributed by atoms with E-state index in [2.05, 4.69) is 15.2 Å². The van der Waals surface area contributed by atoms with Crippen molar-refractivity contribution in [3.05, 3.63) is 53.1 Å². The second-order valence-electron chi connectivity index (χ2n) is 4.78. The molecule has 1 aromatic carbocycles. The Morgan fingerprint density at radius 3 is 2.60 bits per heavy atom. The van der Waals surface area contributed by atoms with E-state index in [1.807, 2.05) is 44.2 Å². The molecule has 5 nitrogen and oxygen atoms in total. The van der Waals surface area contributed by atoms with Crippen molar-refractivity contribution < 1.29 is 4.79 Å². The summed E-state index contributed by atoms with van der Waals surface area (Å²) in [6, 6.07) is 8.00. The van der Waals surface area contributed by atoms with Crippen molar-refractivity contribution >= 4 is 12.0 Å². The van der Waals surface area contributed by atoms with Crippen molar-refractivity contribution in [2.24, 2.45) is 0 Å². The van der Waals surface area contributed by atoms with Gasteiger partial charge in [-0.25, -0.2) is 4.98 Å². The van der Waals surface area contributed by atoms with Crippen LogP contribution >= 0.6 is 0 Å². The summed E-state index contributed by atoms with van der Waals surface area (Å²) in [6.45, 7) is 4.25. The highest BCUT2D eigenvalue weighted by atomic mass is 16.2. The summed E-state index contributed by atoms with van der Waals surface area (Å²) in [6.07, 6.45) is 3.37. The van der Waals surface area contributed by atoms with Gasteiger partial charge in [0.1, 0.15) is 5.82 Å². The molecule has 5 heteroatoms. The van der Waals surface area contributed by atoms with Gasteiger partial charge in [-0.05, 0) is 25.5 Å². The van der Waals surface area contributed by atoms with Crippen molar-refractivity contribution in [1.29, 1.82) is 0 Å². The van der Waals surface area contributed by atoms with Gasteiger partial charge in [0, 0.05) is 13.1 Å². The zero-order valence-corrected chi connectivity index (χ0v) is 11.9. The minimum atomic E-state index is -0.0759. The maximum Gasteiger partial charge on any atom is 0.246 e. The Bertz CT molecular complexity index is 613. The summed E-state index contributed by atoms with van der Waals surface area (Å²) in [5, 5.41) is 6.77. The Kier molecular flexibility index (Phi) is 4.30. The van der Waals surface area contributed by atoms with Gasteiger partial charge in [0.25, 0.3) is 0 Å². The molecule has 0 aliphatic carbocycles. The number of hydrogen-bond acceptors (Lipinski definition) is 3. The molecule has 0 bridgehead atoms. The number of aryl methyl sites for hydroxylation is 2. The highest BCUT2D eigenvalue weighted by Crippen LogP contribution is 2.06. The Labute approximate surface area is 118 Å². The normalized spacial score (nSPS) is 10.9. The molecule has 0 saturated carbocycles. The summed E-state index contributed by atoms with van der Waals surface area (Å²) in [4.78, 5) is 17.7. The Morgan fingerprint density at radius 2 is 2.00 bits per heavy atom. The lowest BCUT2D eigenvalue weighted by atomic mass is 10.1. The SMILES string of the molecule is Cc1ccc(C=CC(=O)N(C)Cc2n[nH]c(C)n2)cc1. The minimum absolute atomic E-state index is 0.0759.